The number of hydrogen-bond donors (Lipinski definition) is 0. The van der Waals surface area contributed by atoms with Crippen LogP contribution in [0.3, 0.4) is 0 Å². The second kappa shape index (κ2) is 7.38. The normalized spacial score (nSPS) is 17.2. The quantitative estimate of drug-likeness (QED) is 0.597. The molecular formula is C13H20NOPS. The fourth-order valence-corrected chi connectivity index (χ4v) is 3.16. The fraction of sp³-hybridized carbons (Fsp3) is 0.538. The van der Waals surface area contributed by atoms with Crippen molar-refractivity contribution >= 4 is 26.3 Å². The lowest BCUT2D eigenvalue weighted by atomic mass is 10.2. The molecule has 1 saturated heterocycles. The molecule has 2 rings (SSSR count). The summed E-state index contributed by atoms with van der Waals surface area (Å²) in [5, 5.41) is 1.27. The van der Waals surface area contributed by atoms with Crippen LogP contribution in [0.1, 0.15) is 5.56 Å². The van der Waals surface area contributed by atoms with Gasteiger partial charge in [0.2, 0.25) is 0 Å². The number of ether oxygens (including phenoxy) is 1. The van der Waals surface area contributed by atoms with Gasteiger partial charge in [-0.2, -0.15) is 11.8 Å². The molecule has 1 heterocycles. The van der Waals surface area contributed by atoms with Crippen molar-refractivity contribution in [3.8, 4) is 0 Å². The predicted molar refractivity (Wildman–Crippen MR) is 79.2 cm³/mol. The smallest absolute Gasteiger partial charge is 0.0594 e. The van der Waals surface area contributed by atoms with Crippen molar-refractivity contribution in [2.75, 3.05) is 38.6 Å². The zero-order valence-electron chi connectivity index (χ0n) is 10.1. The highest BCUT2D eigenvalue weighted by Crippen LogP contribution is 2.12. The predicted octanol–water partition coefficient (Wildman–Crippen LogP) is 1.75. The van der Waals surface area contributed by atoms with Gasteiger partial charge in [-0.15, -0.1) is 9.24 Å². The number of thioether (sulfide) groups is 1. The zero-order chi connectivity index (χ0) is 11.9. The zero-order valence-corrected chi connectivity index (χ0v) is 12.1. The molecule has 1 unspecified atom stereocenters. The molecule has 1 aromatic carbocycles. The molecule has 0 bridgehead atoms. The Balaban J connectivity index is 1.62. The van der Waals surface area contributed by atoms with E-state index in [0.29, 0.717) is 0 Å². The number of benzene rings is 1. The van der Waals surface area contributed by atoms with Crippen LogP contribution in [0.15, 0.2) is 24.3 Å². The summed E-state index contributed by atoms with van der Waals surface area (Å²) >= 11 is 2.02. The number of hydrogen-bond acceptors (Lipinski definition) is 3. The molecule has 2 nitrogen and oxygen atoms in total. The highest BCUT2D eigenvalue weighted by Gasteiger charge is 2.09. The van der Waals surface area contributed by atoms with E-state index in [1.807, 2.05) is 11.8 Å². The second-order valence-electron chi connectivity index (χ2n) is 4.25. The summed E-state index contributed by atoms with van der Waals surface area (Å²) < 4.78 is 5.34. The van der Waals surface area contributed by atoms with Crippen LogP contribution in [0.5, 0.6) is 0 Å². The summed E-state index contributed by atoms with van der Waals surface area (Å²) in [6, 6.07) is 8.69. The van der Waals surface area contributed by atoms with Gasteiger partial charge in [-0.1, -0.05) is 24.3 Å². The molecule has 0 aromatic heterocycles. The van der Waals surface area contributed by atoms with Crippen LogP contribution in [0, 0.1) is 0 Å². The summed E-state index contributed by atoms with van der Waals surface area (Å²) in [5.41, 5.74) is 1.42. The van der Waals surface area contributed by atoms with Gasteiger partial charge in [0.25, 0.3) is 0 Å². The van der Waals surface area contributed by atoms with Crippen LogP contribution < -0.4 is 5.30 Å². The maximum absolute atomic E-state index is 5.34. The van der Waals surface area contributed by atoms with Gasteiger partial charge in [-0.3, -0.25) is 4.90 Å². The van der Waals surface area contributed by atoms with E-state index in [2.05, 4.69) is 38.4 Å². The van der Waals surface area contributed by atoms with Crippen molar-refractivity contribution in [1.82, 2.24) is 4.90 Å². The van der Waals surface area contributed by atoms with Crippen LogP contribution >= 0.6 is 21.0 Å². The second-order valence-corrected chi connectivity index (χ2v) is 6.02. The highest BCUT2D eigenvalue weighted by molar-refractivity contribution is 7.98. The molecule has 0 spiro atoms. The number of nitrogens with zero attached hydrogens (tertiary/aromatic N) is 1. The summed E-state index contributed by atoms with van der Waals surface area (Å²) in [7, 11) is 2.75. The molecule has 1 atom stereocenters. The first-order valence-corrected chi connectivity index (χ1v) is 7.80. The van der Waals surface area contributed by atoms with Gasteiger partial charge in [-0.05, 0) is 10.9 Å². The molecule has 4 heteroatoms. The SMILES string of the molecule is Pc1cccc(CSCCN2CCOCC2)c1. The highest BCUT2D eigenvalue weighted by atomic mass is 32.2. The summed E-state index contributed by atoms with van der Waals surface area (Å²) in [6.07, 6.45) is 0. The maximum Gasteiger partial charge on any atom is 0.0594 e. The van der Waals surface area contributed by atoms with Crippen molar-refractivity contribution in [3.63, 3.8) is 0 Å². The Morgan fingerprint density at radius 2 is 2.12 bits per heavy atom. The molecular weight excluding hydrogens is 249 g/mol. The van der Waals surface area contributed by atoms with Crippen LogP contribution in [0.4, 0.5) is 0 Å². The van der Waals surface area contributed by atoms with E-state index in [-0.39, 0.29) is 0 Å². The molecule has 0 N–H and O–H groups in total. The Labute approximate surface area is 110 Å². The minimum absolute atomic E-state index is 0.903. The van der Waals surface area contributed by atoms with Gasteiger partial charge in [0.05, 0.1) is 13.2 Å². The van der Waals surface area contributed by atoms with E-state index in [1.165, 1.54) is 23.2 Å². The van der Waals surface area contributed by atoms with Gasteiger partial charge in [0, 0.05) is 31.1 Å². The lowest BCUT2D eigenvalue weighted by molar-refractivity contribution is 0.0410. The van der Waals surface area contributed by atoms with Crippen LogP contribution in [0.2, 0.25) is 0 Å². The van der Waals surface area contributed by atoms with Gasteiger partial charge in [0.1, 0.15) is 0 Å². The molecule has 0 radical (unpaired) electrons. The van der Waals surface area contributed by atoms with Crippen LogP contribution in [-0.2, 0) is 10.5 Å². The average molecular weight is 269 g/mol. The van der Waals surface area contributed by atoms with Gasteiger partial charge >= 0.3 is 0 Å². The molecule has 1 fully saturated rings. The molecule has 0 aliphatic carbocycles. The van der Waals surface area contributed by atoms with E-state index < -0.39 is 0 Å². The average Bonchev–Trinajstić information content (AvgIpc) is 2.36. The Bertz CT molecular complexity index is 342. The molecule has 1 aromatic rings. The van der Waals surface area contributed by atoms with E-state index in [9.17, 15) is 0 Å². The first kappa shape index (κ1) is 13.4. The van der Waals surface area contributed by atoms with Crippen molar-refractivity contribution in [2.24, 2.45) is 0 Å². The van der Waals surface area contributed by atoms with Crippen molar-refractivity contribution in [2.45, 2.75) is 5.75 Å². The molecule has 0 amide bonds. The Kier molecular flexibility index (Phi) is 5.79. The third-order valence-corrected chi connectivity index (χ3v) is 4.24. The van der Waals surface area contributed by atoms with Crippen molar-refractivity contribution in [1.29, 1.82) is 0 Å². The lowest BCUT2D eigenvalue weighted by Gasteiger charge is -2.26. The minimum atomic E-state index is 0.903. The molecule has 17 heavy (non-hydrogen) atoms. The van der Waals surface area contributed by atoms with E-state index in [4.69, 9.17) is 4.74 Å². The van der Waals surface area contributed by atoms with Crippen molar-refractivity contribution < 1.29 is 4.74 Å². The van der Waals surface area contributed by atoms with E-state index in [0.717, 1.165) is 32.1 Å². The molecule has 1 aliphatic rings. The van der Waals surface area contributed by atoms with Gasteiger partial charge in [-0.25, -0.2) is 0 Å². The maximum atomic E-state index is 5.34. The number of morpholine rings is 1. The van der Waals surface area contributed by atoms with Crippen molar-refractivity contribution in [3.05, 3.63) is 29.8 Å². The first-order valence-electron chi connectivity index (χ1n) is 6.07. The minimum Gasteiger partial charge on any atom is -0.379 e. The van der Waals surface area contributed by atoms with E-state index >= 15 is 0 Å². The number of rotatable bonds is 5. The summed E-state index contributed by atoms with van der Waals surface area (Å²) in [5.74, 6) is 2.33. The monoisotopic (exact) mass is 269 g/mol. The Hall–Kier alpha value is -0.0800. The topological polar surface area (TPSA) is 12.5 Å². The largest absolute Gasteiger partial charge is 0.379 e. The fourth-order valence-electron chi connectivity index (χ4n) is 1.89. The lowest BCUT2D eigenvalue weighted by Crippen LogP contribution is -2.37. The summed E-state index contributed by atoms with van der Waals surface area (Å²) in [6.45, 7) is 5.19. The van der Waals surface area contributed by atoms with Gasteiger partial charge < -0.3 is 4.74 Å². The van der Waals surface area contributed by atoms with Crippen LogP contribution in [0.25, 0.3) is 0 Å². The van der Waals surface area contributed by atoms with Gasteiger partial charge in [0.15, 0.2) is 0 Å². The Morgan fingerprint density at radius 3 is 2.88 bits per heavy atom. The van der Waals surface area contributed by atoms with E-state index in [1.54, 1.807) is 0 Å². The molecule has 0 saturated carbocycles. The van der Waals surface area contributed by atoms with Crippen LogP contribution in [-0.4, -0.2) is 43.5 Å². The third kappa shape index (κ3) is 4.97. The summed E-state index contributed by atoms with van der Waals surface area (Å²) in [4.78, 5) is 2.49. The molecule has 1 aliphatic heterocycles. The third-order valence-electron chi connectivity index (χ3n) is 2.88. The standard InChI is InChI=1S/C13H20NOPS/c16-13-3-1-2-12(10-13)11-17-9-6-14-4-7-15-8-5-14/h1-3,10H,4-9,11,16H2. The molecule has 94 valence electrons. The Morgan fingerprint density at radius 1 is 1.29 bits per heavy atom. The first-order chi connectivity index (χ1) is 8.34.